The molecule has 0 saturated carbocycles. The largest absolute Gasteiger partial charge is 0.357 e. The van der Waals surface area contributed by atoms with E-state index in [2.05, 4.69) is 5.32 Å². The van der Waals surface area contributed by atoms with Crippen molar-refractivity contribution >= 4 is 62.3 Å². The first-order valence-electron chi connectivity index (χ1n) is 11.6. The van der Waals surface area contributed by atoms with Gasteiger partial charge in [-0.3, -0.25) is 13.9 Å². The Morgan fingerprint density at radius 2 is 1.58 bits per heavy atom. The van der Waals surface area contributed by atoms with E-state index in [1.54, 1.807) is 37.3 Å². The highest BCUT2D eigenvalue weighted by molar-refractivity contribution is 7.92. The number of carbonyl (C=O) groups is 2. The van der Waals surface area contributed by atoms with Gasteiger partial charge >= 0.3 is 0 Å². The minimum Gasteiger partial charge on any atom is -0.357 e. The van der Waals surface area contributed by atoms with E-state index >= 15 is 0 Å². The van der Waals surface area contributed by atoms with E-state index in [0.29, 0.717) is 26.2 Å². The number of nitrogens with one attached hydrogen (secondary N) is 1. The summed E-state index contributed by atoms with van der Waals surface area (Å²) in [5.41, 5.74) is 2.13. The van der Waals surface area contributed by atoms with E-state index in [1.165, 1.54) is 18.0 Å². The van der Waals surface area contributed by atoms with Gasteiger partial charge in [0.2, 0.25) is 21.8 Å². The lowest BCUT2D eigenvalue weighted by molar-refractivity contribution is -0.139. The zero-order chi connectivity index (χ0) is 28.0. The Bertz CT molecular complexity index is 1400. The van der Waals surface area contributed by atoms with Crippen LogP contribution in [0.3, 0.4) is 0 Å². The van der Waals surface area contributed by atoms with Crippen LogP contribution in [0, 0.1) is 6.92 Å². The van der Waals surface area contributed by atoms with Gasteiger partial charge in [-0.15, -0.1) is 0 Å². The highest BCUT2D eigenvalue weighted by atomic mass is 35.5. The van der Waals surface area contributed by atoms with Crippen molar-refractivity contribution in [2.24, 2.45) is 0 Å². The average molecular weight is 597 g/mol. The van der Waals surface area contributed by atoms with Crippen molar-refractivity contribution in [3.8, 4) is 0 Å². The molecule has 3 aromatic rings. The van der Waals surface area contributed by atoms with Gasteiger partial charge in [-0.2, -0.15) is 0 Å². The number of hydrogen-bond acceptors (Lipinski definition) is 4. The van der Waals surface area contributed by atoms with Gasteiger partial charge in [0.05, 0.1) is 11.9 Å². The van der Waals surface area contributed by atoms with E-state index in [0.717, 1.165) is 16.1 Å². The molecule has 2 amide bonds. The molecule has 0 radical (unpaired) electrons. The summed E-state index contributed by atoms with van der Waals surface area (Å²) >= 11 is 19.0. The maximum absolute atomic E-state index is 14.0. The second kappa shape index (κ2) is 12.8. The molecule has 0 aliphatic carbocycles. The lowest BCUT2D eigenvalue weighted by Gasteiger charge is -2.34. The van der Waals surface area contributed by atoms with Crippen LogP contribution >= 0.6 is 34.8 Å². The molecule has 0 aliphatic heterocycles. The fraction of sp³-hybridized carbons (Fsp3) is 0.259. The first-order valence-corrected chi connectivity index (χ1v) is 14.6. The number of amides is 2. The van der Waals surface area contributed by atoms with Gasteiger partial charge in [-0.1, -0.05) is 77.3 Å². The van der Waals surface area contributed by atoms with Crippen molar-refractivity contribution in [2.75, 3.05) is 24.2 Å². The Kier molecular flexibility index (Phi) is 10.1. The van der Waals surface area contributed by atoms with Crippen LogP contribution in [-0.4, -0.2) is 51.0 Å². The highest BCUT2D eigenvalue weighted by Crippen LogP contribution is 2.29. The predicted molar refractivity (Wildman–Crippen MR) is 153 cm³/mol. The molecule has 11 heteroatoms. The number of rotatable bonds is 10. The summed E-state index contributed by atoms with van der Waals surface area (Å²) in [5, 5.41) is 3.57. The summed E-state index contributed by atoms with van der Waals surface area (Å²) in [7, 11) is -2.44. The average Bonchev–Trinajstić information content (AvgIpc) is 2.87. The van der Waals surface area contributed by atoms with Crippen molar-refractivity contribution in [2.45, 2.75) is 25.9 Å². The Labute approximate surface area is 238 Å². The fourth-order valence-electron chi connectivity index (χ4n) is 4.02. The van der Waals surface area contributed by atoms with E-state index in [1.807, 2.05) is 30.3 Å². The number of sulfonamides is 1. The van der Waals surface area contributed by atoms with Gasteiger partial charge in [-0.05, 0) is 42.3 Å². The van der Waals surface area contributed by atoms with Crippen LogP contribution in [0.1, 0.15) is 16.7 Å². The lowest BCUT2D eigenvalue weighted by atomic mass is 10.0. The molecule has 3 aromatic carbocycles. The monoisotopic (exact) mass is 595 g/mol. The summed E-state index contributed by atoms with van der Waals surface area (Å²) in [4.78, 5) is 28.4. The number of aryl methyl sites for hydroxylation is 1. The van der Waals surface area contributed by atoms with Crippen molar-refractivity contribution in [3.63, 3.8) is 0 Å². The van der Waals surface area contributed by atoms with Crippen LogP contribution < -0.4 is 9.62 Å². The van der Waals surface area contributed by atoms with Gasteiger partial charge in [0, 0.05) is 40.6 Å². The van der Waals surface area contributed by atoms with E-state index in [9.17, 15) is 18.0 Å². The molecule has 0 aromatic heterocycles. The number of likely N-dealkylation sites (N-methyl/N-ethyl adjacent to an activating group) is 1. The molecule has 1 N–H and O–H groups in total. The Morgan fingerprint density at radius 1 is 0.947 bits per heavy atom. The van der Waals surface area contributed by atoms with E-state index < -0.39 is 34.4 Å². The molecule has 0 unspecified atom stereocenters. The van der Waals surface area contributed by atoms with Gasteiger partial charge in [0.15, 0.2) is 0 Å². The Balaban J connectivity index is 2.10. The third-order valence-corrected chi connectivity index (χ3v) is 8.10. The minimum absolute atomic E-state index is 0.117. The molecule has 7 nitrogen and oxygen atoms in total. The normalized spacial score (nSPS) is 12.1. The summed E-state index contributed by atoms with van der Waals surface area (Å²) in [6, 6.07) is 18.0. The maximum Gasteiger partial charge on any atom is 0.244 e. The summed E-state index contributed by atoms with van der Waals surface area (Å²) in [6.45, 7) is 1.04. The molecule has 0 saturated heterocycles. The molecule has 0 spiro atoms. The number of anilines is 1. The van der Waals surface area contributed by atoms with Crippen molar-refractivity contribution in [3.05, 3.63) is 98.5 Å². The Hall–Kier alpha value is -2.78. The minimum atomic E-state index is -3.91. The van der Waals surface area contributed by atoms with Crippen molar-refractivity contribution in [1.82, 2.24) is 10.2 Å². The van der Waals surface area contributed by atoms with Crippen LogP contribution in [0.15, 0.2) is 66.7 Å². The van der Waals surface area contributed by atoms with Crippen LogP contribution in [0.25, 0.3) is 0 Å². The first-order chi connectivity index (χ1) is 17.9. The second-order valence-corrected chi connectivity index (χ2v) is 11.9. The summed E-state index contributed by atoms with van der Waals surface area (Å²) in [6.07, 6.45) is 1.19. The maximum atomic E-state index is 14.0. The number of hydrogen-bond donors (Lipinski definition) is 1. The molecular formula is C27H28Cl3N3O4S. The molecular weight excluding hydrogens is 569 g/mol. The lowest BCUT2D eigenvalue weighted by Crippen LogP contribution is -2.53. The third-order valence-electron chi connectivity index (χ3n) is 6.03. The standard InChI is InChI=1S/C27H28Cl3N3O4S/c1-18-12-13-20(28)15-24(18)33(38(3,36)37)17-26(34)32(16-21-22(29)10-7-11-23(21)30)25(27(35)31-2)14-19-8-5-4-6-9-19/h4-13,15,25H,14,16-17H2,1-3H3,(H,31,35)/t25-/m1/s1. The molecule has 3 rings (SSSR count). The van der Waals surface area contributed by atoms with Crippen LogP contribution in [-0.2, 0) is 32.6 Å². The van der Waals surface area contributed by atoms with Crippen LogP contribution in [0.2, 0.25) is 15.1 Å². The number of carbonyl (C=O) groups excluding carboxylic acids is 2. The highest BCUT2D eigenvalue weighted by Gasteiger charge is 2.33. The van der Waals surface area contributed by atoms with Gasteiger partial charge < -0.3 is 10.2 Å². The third kappa shape index (κ3) is 7.41. The molecule has 1 atom stereocenters. The molecule has 0 heterocycles. The smallest absolute Gasteiger partial charge is 0.244 e. The first kappa shape index (κ1) is 29.8. The van der Waals surface area contributed by atoms with Crippen molar-refractivity contribution < 1.29 is 18.0 Å². The van der Waals surface area contributed by atoms with E-state index in [-0.39, 0.29) is 18.7 Å². The topological polar surface area (TPSA) is 86.8 Å². The van der Waals surface area contributed by atoms with Crippen LogP contribution in [0.4, 0.5) is 5.69 Å². The zero-order valence-corrected chi connectivity index (χ0v) is 24.2. The predicted octanol–water partition coefficient (Wildman–Crippen LogP) is 5.11. The molecule has 0 bridgehead atoms. The van der Waals surface area contributed by atoms with Gasteiger partial charge in [0.25, 0.3) is 0 Å². The van der Waals surface area contributed by atoms with E-state index in [4.69, 9.17) is 34.8 Å². The quantitative estimate of drug-likeness (QED) is 0.353. The van der Waals surface area contributed by atoms with Gasteiger partial charge in [-0.25, -0.2) is 8.42 Å². The number of halogens is 3. The zero-order valence-electron chi connectivity index (χ0n) is 21.1. The number of nitrogens with zero attached hydrogens (tertiary/aromatic N) is 2. The molecule has 0 fully saturated rings. The summed E-state index contributed by atoms with van der Waals surface area (Å²) < 4.78 is 26.7. The van der Waals surface area contributed by atoms with Crippen molar-refractivity contribution in [1.29, 1.82) is 0 Å². The molecule has 0 aliphatic rings. The second-order valence-electron chi connectivity index (χ2n) is 8.74. The Morgan fingerprint density at radius 3 is 2.16 bits per heavy atom. The number of benzene rings is 3. The molecule has 38 heavy (non-hydrogen) atoms. The fourth-order valence-corrected chi connectivity index (χ4v) is 5.60. The summed E-state index contributed by atoms with van der Waals surface area (Å²) in [5.74, 6) is -1.04. The van der Waals surface area contributed by atoms with Crippen LogP contribution in [0.5, 0.6) is 0 Å². The van der Waals surface area contributed by atoms with Gasteiger partial charge in [0.1, 0.15) is 12.6 Å². The SMILES string of the molecule is CNC(=O)[C@@H](Cc1ccccc1)N(Cc1c(Cl)cccc1Cl)C(=O)CN(c1cc(Cl)ccc1C)S(C)(=O)=O. The molecule has 202 valence electrons.